The Labute approximate surface area is 115 Å². The third-order valence-corrected chi connectivity index (χ3v) is 3.67. The molecule has 0 unspecified atom stereocenters. The van der Waals surface area contributed by atoms with E-state index in [2.05, 4.69) is 5.48 Å². The van der Waals surface area contributed by atoms with Gasteiger partial charge in [-0.1, -0.05) is 43.2 Å². The van der Waals surface area contributed by atoms with Crippen LogP contribution in [0.1, 0.15) is 52.0 Å². The van der Waals surface area contributed by atoms with E-state index >= 15 is 0 Å². The average molecular weight is 261 g/mol. The van der Waals surface area contributed by atoms with E-state index in [1.807, 2.05) is 51.1 Å². The number of amides is 1. The Morgan fingerprint density at radius 1 is 1.16 bits per heavy atom. The maximum Gasteiger partial charge on any atom is 0.254 e. The number of nitrogens with one attached hydrogen (secondary N) is 1. The van der Waals surface area contributed by atoms with Gasteiger partial charge in [-0.3, -0.25) is 9.63 Å². The summed E-state index contributed by atoms with van der Waals surface area (Å²) in [5, 5.41) is 0. The van der Waals surface area contributed by atoms with E-state index < -0.39 is 5.41 Å². The number of hydrogen-bond donors (Lipinski definition) is 1. The van der Waals surface area contributed by atoms with Crippen LogP contribution in [0.15, 0.2) is 30.3 Å². The maximum absolute atomic E-state index is 12.6. The van der Waals surface area contributed by atoms with Crippen molar-refractivity contribution in [2.45, 2.75) is 57.5 Å². The number of benzene rings is 1. The minimum Gasteiger partial charge on any atom is -0.272 e. The average Bonchev–Trinajstić information content (AvgIpc) is 2.87. The molecule has 0 aromatic heterocycles. The fourth-order valence-electron chi connectivity index (χ4n) is 2.68. The molecule has 1 fully saturated rings. The van der Waals surface area contributed by atoms with E-state index in [-0.39, 0.29) is 11.5 Å². The van der Waals surface area contributed by atoms with E-state index in [0.29, 0.717) is 0 Å². The predicted octanol–water partition coefficient (Wildman–Crippen LogP) is 3.34. The Hall–Kier alpha value is -1.35. The second-order valence-electron chi connectivity index (χ2n) is 6.30. The molecule has 1 aromatic carbocycles. The van der Waals surface area contributed by atoms with Gasteiger partial charge in [0.15, 0.2) is 0 Å². The van der Waals surface area contributed by atoms with Gasteiger partial charge < -0.3 is 0 Å². The summed E-state index contributed by atoms with van der Waals surface area (Å²) in [7, 11) is 0. The number of carbonyl (C=O) groups is 1. The smallest absolute Gasteiger partial charge is 0.254 e. The van der Waals surface area contributed by atoms with E-state index in [0.717, 1.165) is 31.2 Å². The summed E-state index contributed by atoms with van der Waals surface area (Å²) in [6.07, 6.45) is 3.99. The van der Waals surface area contributed by atoms with Crippen molar-refractivity contribution >= 4 is 5.91 Å². The summed E-state index contributed by atoms with van der Waals surface area (Å²) in [4.78, 5) is 18.0. The van der Waals surface area contributed by atoms with Gasteiger partial charge in [-0.05, 0) is 39.2 Å². The lowest BCUT2D eigenvalue weighted by molar-refractivity contribution is -0.151. The van der Waals surface area contributed by atoms with E-state index in [4.69, 9.17) is 4.84 Å². The summed E-state index contributed by atoms with van der Waals surface area (Å²) >= 11 is 0. The Kier molecular flexibility index (Phi) is 3.95. The van der Waals surface area contributed by atoms with Crippen molar-refractivity contribution < 1.29 is 9.63 Å². The minimum atomic E-state index is -0.410. The van der Waals surface area contributed by atoms with Crippen LogP contribution in [0.25, 0.3) is 0 Å². The molecule has 104 valence electrons. The summed E-state index contributed by atoms with van der Waals surface area (Å²) in [5.41, 5.74) is 2.99. The SMILES string of the molecule is CC(C)(C)ONC(=O)C1(c2ccccc2)CCCC1. The first-order chi connectivity index (χ1) is 8.94. The van der Waals surface area contributed by atoms with Crippen molar-refractivity contribution in [3.63, 3.8) is 0 Å². The van der Waals surface area contributed by atoms with Crippen molar-refractivity contribution in [3.8, 4) is 0 Å². The fraction of sp³-hybridized carbons (Fsp3) is 0.562. The van der Waals surface area contributed by atoms with E-state index in [9.17, 15) is 4.79 Å². The standard InChI is InChI=1S/C16H23NO2/c1-15(2,3)19-17-14(18)16(11-7-8-12-16)13-9-5-4-6-10-13/h4-6,9-10H,7-8,11-12H2,1-3H3,(H,17,18). The van der Waals surface area contributed by atoms with Crippen LogP contribution < -0.4 is 5.48 Å². The zero-order valence-corrected chi connectivity index (χ0v) is 12.0. The molecule has 2 rings (SSSR count). The Morgan fingerprint density at radius 3 is 2.26 bits per heavy atom. The third kappa shape index (κ3) is 3.16. The lowest BCUT2D eigenvalue weighted by Crippen LogP contribution is -2.45. The molecule has 19 heavy (non-hydrogen) atoms. The van der Waals surface area contributed by atoms with Gasteiger partial charge in [-0.2, -0.15) is 0 Å². The molecule has 3 nitrogen and oxygen atoms in total. The molecule has 0 atom stereocenters. The molecular formula is C16H23NO2. The van der Waals surface area contributed by atoms with Crippen molar-refractivity contribution in [1.29, 1.82) is 0 Å². The molecule has 0 radical (unpaired) electrons. The quantitative estimate of drug-likeness (QED) is 0.847. The highest BCUT2D eigenvalue weighted by atomic mass is 16.7. The number of hydroxylamine groups is 1. The van der Waals surface area contributed by atoms with Gasteiger partial charge in [-0.15, -0.1) is 0 Å². The summed E-state index contributed by atoms with van der Waals surface area (Å²) in [6, 6.07) is 10.1. The van der Waals surface area contributed by atoms with Crippen LogP contribution in [-0.4, -0.2) is 11.5 Å². The maximum atomic E-state index is 12.6. The molecule has 0 bridgehead atoms. The van der Waals surface area contributed by atoms with Crippen LogP contribution in [0, 0.1) is 0 Å². The van der Waals surface area contributed by atoms with Crippen LogP contribution in [0.2, 0.25) is 0 Å². The summed E-state index contributed by atoms with van der Waals surface area (Å²) in [6.45, 7) is 5.78. The molecule has 1 aliphatic rings. The summed E-state index contributed by atoms with van der Waals surface area (Å²) < 4.78 is 0. The topological polar surface area (TPSA) is 38.3 Å². The van der Waals surface area contributed by atoms with Crippen LogP contribution in [0.4, 0.5) is 0 Å². The highest BCUT2D eigenvalue weighted by Gasteiger charge is 2.43. The van der Waals surface area contributed by atoms with Crippen LogP contribution in [0.5, 0.6) is 0 Å². The lowest BCUT2D eigenvalue weighted by Gasteiger charge is -2.30. The highest BCUT2D eigenvalue weighted by Crippen LogP contribution is 2.41. The normalized spacial score (nSPS) is 18.3. The zero-order valence-electron chi connectivity index (χ0n) is 12.0. The lowest BCUT2D eigenvalue weighted by atomic mass is 9.78. The predicted molar refractivity (Wildman–Crippen MR) is 75.6 cm³/mol. The van der Waals surface area contributed by atoms with Crippen molar-refractivity contribution in [2.24, 2.45) is 0 Å². The second-order valence-corrected chi connectivity index (χ2v) is 6.30. The fourth-order valence-corrected chi connectivity index (χ4v) is 2.68. The molecule has 1 aromatic rings. The van der Waals surface area contributed by atoms with Crippen LogP contribution in [0.3, 0.4) is 0 Å². The Bertz CT molecular complexity index is 428. The number of hydrogen-bond acceptors (Lipinski definition) is 2. The number of carbonyl (C=O) groups excluding carboxylic acids is 1. The van der Waals surface area contributed by atoms with Gasteiger partial charge in [0.05, 0.1) is 11.0 Å². The molecule has 3 heteroatoms. The summed E-state index contributed by atoms with van der Waals surface area (Å²) in [5.74, 6) is -0.00822. The van der Waals surface area contributed by atoms with Gasteiger partial charge in [-0.25, -0.2) is 5.48 Å². The molecule has 0 spiro atoms. The first kappa shape index (κ1) is 14.1. The Balaban J connectivity index is 2.18. The monoisotopic (exact) mass is 261 g/mol. The van der Waals surface area contributed by atoms with Gasteiger partial charge in [0.1, 0.15) is 0 Å². The van der Waals surface area contributed by atoms with E-state index in [1.165, 1.54) is 0 Å². The zero-order chi connectivity index (χ0) is 13.9. The van der Waals surface area contributed by atoms with Crippen molar-refractivity contribution in [1.82, 2.24) is 5.48 Å². The molecule has 1 N–H and O–H groups in total. The van der Waals surface area contributed by atoms with Gasteiger partial charge in [0.2, 0.25) is 0 Å². The molecular weight excluding hydrogens is 238 g/mol. The second kappa shape index (κ2) is 5.33. The van der Waals surface area contributed by atoms with Crippen LogP contribution in [-0.2, 0) is 15.0 Å². The van der Waals surface area contributed by atoms with Crippen molar-refractivity contribution in [3.05, 3.63) is 35.9 Å². The number of rotatable bonds is 3. The van der Waals surface area contributed by atoms with Gasteiger partial charge in [0, 0.05) is 0 Å². The molecule has 1 aliphatic carbocycles. The minimum absolute atomic E-state index is 0.00822. The van der Waals surface area contributed by atoms with Crippen molar-refractivity contribution in [2.75, 3.05) is 0 Å². The first-order valence-corrected chi connectivity index (χ1v) is 6.98. The molecule has 0 saturated heterocycles. The van der Waals surface area contributed by atoms with Gasteiger partial charge >= 0.3 is 0 Å². The molecule has 1 amide bonds. The molecule has 0 heterocycles. The van der Waals surface area contributed by atoms with Crippen LogP contribution >= 0.6 is 0 Å². The largest absolute Gasteiger partial charge is 0.272 e. The Morgan fingerprint density at radius 2 is 1.74 bits per heavy atom. The molecule has 1 saturated carbocycles. The highest BCUT2D eigenvalue weighted by molar-refractivity contribution is 5.87. The van der Waals surface area contributed by atoms with E-state index in [1.54, 1.807) is 0 Å². The van der Waals surface area contributed by atoms with Gasteiger partial charge in [0.25, 0.3) is 5.91 Å². The first-order valence-electron chi connectivity index (χ1n) is 6.98. The molecule has 0 aliphatic heterocycles. The third-order valence-electron chi connectivity index (χ3n) is 3.67.